The molecule has 0 atom stereocenters. The number of piperidine rings is 1. The number of rotatable bonds is 6. The van der Waals surface area contributed by atoms with Crippen LogP contribution in [0, 0.1) is 5.92 Å². The molecule has 0 aliphatic carbocycles. The van der Waals surface area contributed by atoms with Gasteiger partial charge in [0, 0.05) is 37.4 Å². The Morgan fingerprint density at radius 3 is 2.33 bits per heavy atom. The average molecular weight is 332 g/mol. The molecule has 0 spiro atoms. The number of hydrogen-bond acceptors (Lipinski definition) is 2. The number of carbonyl (C=O) groups excluding carboxylic acids is 1. The van der Waals surface area contributed by atoms with E-state index in [1.165, 1.54) is 0 Å². The summed E-state index contributed by atoms with van der Waals surface area (Å²) in [4.78, 5) is 17.4. The normalized spacial score (nSPS) is 16.6. The molecule has 1 N–H and O–H groups in total. The van der Waals surface area contributed by atoms with Crippen molar-refractivity contribution in [3.8, 4) is 0 Å². The molecule has 0 bridgehead atoms. The van der Waals surface area contributed by atoms with Gasteiger partial charge in [-0.1, -0.05) is 32.0 Å². The fourth-order valence-electron chi connectivity index (χ4n) is 3.28. The Kier molecular flexibility index (Phi) is 7.10. The van der Waals surface area contributed by atoms with Gasteiger partial charge in [0.05, 0.1) is 0 Å². The standard InChI is InChI=1S/C20H33N3O/c1-16(2)10-15-23(19-11-13-22(14-12-19)17(3)4)20(24)21-18-8-6-5-7-9-18/h5-9,16-17,19H,10-15H2,1-4H3,(H,21,24). The molecule has 1 heterocycles. The van der Waals surface area contributed by atoms with Crippen LogP contribution in [0.2, 0.25) is 0 Å². The van der Waals surface area contributed by atoms with Gasteiger partial charge < -0.3 is 15.1 Å². The van der Waals surface area contributed by atoms with Crippen LogP contribution in [-0.2, 0) is 0 Å². The lowest BCUT2D eigenvalue weighted by Gasteiger charge is -2.40. The molecule has 1 aromatic rings. The van der Waals surface area contributed by atoms with E-state index in [1.807, 2.05) is 30.3 Å². The number of urea groups is 1. The Balaban J connectivity index is 2.00. The monoisotopic (exact) mass is 331 g/mol. The van der Waals surface area contributed by atoms with E-state index in [0.29, 0.717) is 18.0 Å². The van der Waals surface area contributed by atoms with Crippen molar-refractivity contribution in [3.05, 3.63) is 30.3 Å². The highest BCUT2D eigenvalue weighted by molar-refractivity contribution is 5.89. The first-order chi connectivity index (χ1) is 11.5. The van der Waals surface area contributed by atoms with E-state index in [1.54, 1.807) is 0 Å². The van der Waals surface area contributed by atoms with Gasteiger partial charge in [0.2, 0.25) is 0 Å². The SMILES string of the molecule is CC(C)CCN(C(=O)Nc1ccccc1)C1CCN(C(C)C)CC1. The Morgan fingerprint density at radius 1 is 1.17 bits per heavy atom. The highest BCUT2D eigenvalue weighted by atomic mass is 16.2. The van der Waals surface area contributed by atoms with Crippen molar-refractivity contribution in [1.82, 2.24) is 9.80 Å². The predicted molar refractivity (Wildman–Crippen MR) is 101 cm³/mol. The second kappa shape index (κ2) is 9.07. The molecular weight excluding hydrogens is 298 g/mol. The van der Waals surface area contributed by atoms with Crippen LogP contribution in [0.25, 0.3) is 0 Å². The minimum atomic E-state index is 0.0462. The fraction of sp³-hybridized carbons (Fsp3) is 0.650. The molecule has 1 aromatic carbocycles. The molecule has 4 heteroatoms. The van der Waals surface area contributed by atoms with E-state index in [4.69, 9.17) is 0 Å². The number of amides is 2. The van der Waals surface area contributed by atoms with Gasteiger partial charge in [0.15, 0.2) is 0 Å². The van der Waals surface area contributed by atoms with Crippen molar-refractivity contribution in [2.24, 2.45) is 5.92 Å². The molecule has 1 saturated heterocycles. The Morgan fingerprint density at radius 2 is 1.79 bits per heavy atom. The Hall–Kier alpha value is -1.55. The number of likely N-dealkylation sites (tertiary alicyclic amines) is 1. The summed E-state index contributed by atoms with van der Waals surface area (Å²) in [6.07, 6.45) is 3.18. The number of hydrogen-bond donors (Lipinski definition) is 1. The highest BCUT2D eigenvalue weighted by Gasteiger charge is 2.28. The van der Waals surface area contributed by atoms with Gasteiger partial charge in [-0.3, -0.25) is 0 Å². The van der Waals surface area contributed by atoms with Gasteiger partial charge in [-0.15, -0.1) is 0 Å². The molecule has 0 aromatic heterocycles. The molecule has 2 rings (SSSR count). The molecular formula is C20H33N3O. The molecule has 0 radical (unpaired) electrons. The fourth-order valence-corrected chi connectivity index (χ4v) is 3.28. The quantitative estimate of drug-likeness (QED) is 0.836. The molecule has 24 heavy (non-hydrogen) atoms. The van der Waals surface area contributed by atoms with Gasteiger partial charge in [0.25, 0.3) is 0 Å². The first kappa shape index (κ1) is 18.8. The van der Waals surface area contributed by atoms with E-state index in [9.17, 15) is 4.79 Å². The van der Waals surface area contributed by atoms with E-state index in [-0.39, 0.29) is 6.03 Å². The third-order valence-corrected chi connectivity index (χ3v) is 4.90. The maximum absolute atomic E-state index is 12.8. The minimum absolute atomic E-state index is 0.0462. The van der Waals surface area contributed by atoms with Crippen molar-refractivity contribution in [2.75, 3.05) is 25.0 Å². The molecule has 4 nitrogen and oxygen atoms in total. The van der Waals surface area contributed by atoms with Crippen LogP contribution in [-0.4, -0.2) is 47.5 Å². The number of anilines is 1. The predicted octanol–water partition coefficient (Wildman–Crippen LogP) is 4.44. The topological polar surface area (TPSA) is 35.6 Å². The van der Waals surface area contributed by atoms with Crippen molar-refractivity contribution in [2.45, 2.75) is 59.0 Å². The first-order valence-corrected chi connectivity index (χ1v) is 9.34. The third-order valence-electron chi connectivity index (χ3n) is 4.90. The number of benzene rings is 1. The lowest BCUT2D eigenvalue weighted by atomic mass is 10.0. The van der Waals surface area contributed by atoms with Crippen molar-refractivity contribution in [3.63, 3.8) is 0 Å². The largest absolute Gasteiger partial charge is 0.322 e. The van der Waals surface area contributed by atoms with Crippen molar-refractivity contribution >= 4 is 11.7 Å². The smallest absolute Gasteiger partial charge is 0.321 e. The zero-order valence-electron chi connectivity index (χ0n) is 15.7. The molecule has 134 valence electrons. The summed E-state index contributed by atoms with van der Waals surface area (Å²) in [6, 6.07) is 10.7. The van der Waals surface area contributed by atoms with Crippen LogP contribution in [0.3, 0.4) is 0 Å². The van der Waals surface area contributed by atoms with Gasteiger partial charge in [-0.2, -0.15) is 0 Å². The van der Waals surface area contributed by atoms with E-state index in [0.717, 1.165) is 44.6 Å². The summed E-state index contributed by atoms with van der Waals surface area (Å²) in [5, 5.41) is 3.07. The zero-order valence-corrected chi connectivity index (χ0v) is 15.7. The maximum atomic E-state index is 12.8. The van der Waals surface area contributed by atoms with Crippen LogP contribution < -0.4 is 5.32 Å². The Bertz CT molecular complexity index is 493. The summed E-state index contributed by atoms with van der Waals surface area (Å²) < 4.78 is 0. The van der Waals surface area contributed by atoms with Gasteiger partial charge in [0.1, 0.15) is 0 Å². The summed E-state index contributed by atoms with van der Waals surface area (Å²) >= 11 is 0. The summed E-state index contributed by atoms with van der Waals surface area (Å²) in [5.74, 6) is 0.604. The lowest BCUT2D eigenvalue weighted by Crippen LogP contribution is -2.50. The maximum Gasteiger partial charge on any atom is 0.322 e. The van der Waals surface area contributed by atoms with Crippen LogP contribution in [0.1, 0.15) is 47.0 Å². The molecule has 1 aliphatic rings. The number of nitrogens with one attached hydrogen (secondary N) is 1. The summed E-state index contributed by atoms with van der Waals surface area (Å²) in [7, 11) is 0. The van der Waals surface area contributed by atoms with Gasteiger partial charge in [-0.25, -0.2) is 4.79 Å². The Labute approximate surface area is 147 Å². The van der Waals surface area contributed by atoms with Crippen LogP contribution >= 0.6 is 0 Å². The molecule has 1 aliphatic heterocycles. The van der Waals surface area contributed by atoms with Gasteiger partial charge >= 0.3 is 6.03 Å². The lowest BCUT2D eigenvalue weighted by molar-refractivity contribution is 0.108. The summed E-state index contributed by atoms with van der Waals surface area (Å²) in [5.41, 5.74) is 0.872. The minimum Gasteiger partial charge on any atom is -0.321 e. The second-order valence-electron chi connectivity index (χ2n) is 7.53. The number of carbonyl (C=O) groups is 1. The number of para-hydroxylation sites is 1. The summed E-state index contributed by atoms with van der Waals surface area (Å²) in [6.45, 7) is 11.9. The first-order valence-electron chi connectivity index (χ1n) is 9.34. The molecule has 1 fully saturated rings. The van der Waals surface area contributed by atoms with Crippen LogP contribution in [0.5, 0.6) is 0 Å². The van der Waals surface area contributed by atoms with E-state index in [2.05, 4.69) is 42.8 Å². The van der Waals surface area contributed by atoms with Crippen LogP contribution in [0.15, 0.2) is 30.3 Å². The second-order valence-corrected chi connectivity index (χ2v) is 7.53. The molecule has 0 unspecified atom stereocenters. The highest BCUT2D eigenvalue weighted by Crippen LogP contribution is 2.21. The van der Waals surface area contributed by atoms with Crippen LogP contribution in [0.4, 0.5) is 10.5 Å². The molecule has 0 saturated carbocycles. The van der Waals surface area contributed by atoms with Crippen molar-refractivity contribution in [1.29, 1.82) is 0 Å². The number of nitrogens with zero attached hydrogens (tertiary/aromatic N) is 2. The van der Waals surface area contributed by atoms with E-state index >= 15 is 0 Å². The van der Waals surface area contributed by atoms with Gasteiger partial charge in [-0.05, 0) is 51.2 Å². The zero-order chi connectivity index (χ0) is 17.5. The third kappa shape index (κ3) is 5.52. The van der Waals surface area contributed by atoms with Crippen molar-refractivity contribution < 1.29 is 4.79 Å². The van der Waals surface area contributed by atoms with E-state index < -0.39 is 0 Å². The molecule has 2 amide bonds. The average Bonchev–Trinajstić information content (AvgIpc) is 2.56.